The van der Waals surface area contributed by atoms with Crippen molar-refractivity contribution >= 4 is 43.7 Å². The van der Waals surface area contributed by atoms with Gasteiger partial charge in [0.1, 0.15) is 4.21 Å². The molecule has 2 aromatic carbocycles. The van der Waals surface area contributed by atoms with E-state index in [1.807, 2.05) is 42.5 Å². The number of nitrogens with zero attached hydrogens (tertiary/aromatic N) is 1. The first kappa shape index (κ1) is 18.2. The van der Waals surface area contributed by atoms with Crippen LogP contribution >= 0.6 is 11.3 Å². The molecule has 0 saturated carbocycles. The molecule has 1 aliphatic rings. The van der Waals surface area contributed by atoms with Crippen LogP contribution in [0.15, 0.2) is 64.2 Å². The standard InChI is InChI=1S/C20H20N2O3S2/c23-20(21-18-10-3-7-15-6-1-2-9-17(15)18)16-8-4-12-22(14-16)27(24,25)19-11-5-13-26-19/h1-3,5-7,9-11,13,16H,4,8,12,14H2,(H,21,23)/t16-/m0/s1. The summed E-state index contributed by atoms with van der Waals surface area (Å²) < 4.78 is 27.3. The van der Waals surface area contributed by atoms with Gasteiger partial charge in [-0.2, -0.15) is 4.31 Å². The Bertz CT molecular complexity index is 1060. The van der Waals surface area contributed by atoms with Crippen LogP contribution in [0.3, 0.4) is 0 Å². The van der Waals surface area contributed by atoms with Gasteiger partial charge >= 0.3 is 0 Å². The number of fused-ring (bicyclic) bond motifs is 1. The van der Waals surface area contributed by atoms with Crippen LogP contribution < -0.4 is 5.32 Å². The summed E-state index contributed by atoms with van der Waals surface area (Å²) in [4.78, 5) is 12.8. The first-order valence-corrected chi connectivity index (χ1v) is 11.2. The molecular weight excluding hydrogens is 380 g/mol. The Labute approximate surface area is 162 Å². The highest BCUT2D eigenvalue weighted by atomic mass is 32.2. The summed E-state index contributed by atoms with van der Waals surface area (Å²) in [5.74, 6) is -0.482. The zero-order valence-corrected chi connectivity index (χ0v) is 16.3. The fraction of sp³-hybridized carbons (Fsp3) is 0.250. The summed E-state index contributed by atoms with van der Waals surface area (Å²) in [6.07, 6.45) is 1.37. The highest BCUT2D eigenvalue weighted by molar-refractivity contribution is 7.91. The maximum absolute atomic E-state index is 12.8. The second kappa shape index (κ2) is 7.42. The van der Waals surface area contributed by atoms with Crippen molar-refractivity contribution in [2.45, 2.75) is 17.1 Å². The van der Waals surface area contributed by atoms with E-state index in [0.29, 0.717) is 23.6 Å². The molecule has 0 unspecified atom stereocenters. The van der Waals surface area contributed by atoms with Gasteiger partial charge in [-0.3, -0.25) is 4.79 Å². The van der Waals surface area contributed by atoms with Gasteiger partial charge in [0.2, 0.25) is 5.91 Å². The van der Waals surface area contributed by atoms with Crippen molar-refractivity contribution in [2.75, 3.05) is 18.4 Å². The predicted molar refractivity (Wildman–Crippen MR) is 108 cm³/mol. The van der Waals surface area contributed by atoms with Gasteiger partial charge in [0.15, 0.2) is 0 Å². The molecule has 1 aromatic heterocycles. The molecule has 2 heterocycles. The third-order valence-corrected chi connectivity index (χ3v) is 8.13. The lowest BCUT2D eigenvalue weighted by molar-refractivity contribution is -0.120. The normalized spacial score (nSPS) is 18.4. The molecule has 1 fully saturated rings. The number of piperidine rings is 1. The van der Waals surface area contributed by atoms with Crippen LogP contribution in [-0.2, 0) is 14.8 Å². The number of rotatable bonds is 4. The number of sulfonamides is 1. The van der Waals surface area contributed by atoms with Crippen LogP contribution in [0.25, 0.3) is 10.8 Å². The van der Waals surface area contributed by atoms with Gasteiger partial charge in [-0.05, 0) is 35.7 Å². The number of hydrogen-bond acceptors (Lipinski definition) is 4. The highest BCUT2D eigenvalue weighted by Crippen LogP contribution is 2.28. The van der Waals surface area contributed by atoms with Gasteiger partial charge in [-0.15, -0.1) is 11.3 Å². The van der Waals surface area contributed by atoms with E-state index in [1.54, 1.807) is 17.5 Å². The minimum Gasteiger partial charge on any atom is -0.325 e. The molecule has 5 nitrogen and oxygen atoms in total. The smallest absolute Gasteiger partial charge is 0.252 e. The van der Waals surface area contributed by atoms with Crippen molar-refractivity contribution in [3.63, 3.8) is 0 Å². The molecule has 27 heavy (non-hydrogen) atoms. The van der Waals surface area contributed by atoms with E-state index in [1.165, 1.54) is 15.6 Å². The Kier molecular flexibility index (Phi) is 4.99. The van der Waals surface area contributed by atoms with E-state index in [9.17, 15) is 13.2 Å². The lowest BCUT2D eigenvalue weighted by Crippen LogP contribution is -2.43. The maximum Gasteiger partial charge on any atom is 0.252 e. The van der Waals surface area contributed by atoms with Crippen molar-refractivity contribution < 1.29 is 13.2 Å². The molecule has 4 rings (SSSR count). The quantitative estimate of drug-likeness (QED) is 0.721. The summed E-state index contributed by atoms with van der Waals surface area (Å²) in [6.45, 7) is 0.676. The molecule has 0 bridgehead atoms. The molecule has 1 N–H and O–H groups in total. The molecule has 1 aliphatic heterocycles. The fourth-order valence-corrected chi connectivity index (χ4v) is 6.15. The first-order valence-electron chi connectivity index (χ1n) is 8.88. The number of benzene rings is 2. The third-order valence-electron chi connectivity index (χ3n) is 4.89. The largest absolute Gasteiger partial charge is 0.325 e. The number of hydrogen-bond donors (Lipinski definition) is 1. The van der Waals surface area contributed by atoms with E-state index in [2.05, 4.69) is 5.32 Å². The third kappa shape index (κ3) is 3.63. The van der Waals surface area contributed by atoms with Gasteiger partial charge in [0.25, 0.3) is 10.0 Å². The number of anilines is 1. The summed E-state index contributed by atoms with van der Waals surface area (Å²) in [5, 5.41) is 6.79. The zero-order chi connectivity index (χ0) is 18.9. The van der Waals surface area contributed by atoms with Gasteiger partial charge in [-0.25, -0.2) is 8.42 Å². The van der Waals surface area contributed by atoms with Crippen molar-refractivity contribution in [3.8, 4) is 0 Å². The van der Waals surface area contributed by atoms with E-state index in [0.717, 1.165) is 16.5 Å². The number of carbonyl (C=O) groups is 1. The van der Waals surface area contributed by atoms with Crippen molar-refractivity contribution in [1.82, 2.24) is 4.31 Å². The molecule has 1 saturated heterocycles. The fourth-order valence-electron chi connectivity index (χ4n) is 3.48. The van der Waals surface area contributed by atoms with Crippen LogP contribution in [0.4, 0.5) is 5.69 Å². The highest BCUT2D eigenvalue weighted by Gasteiger charge is 2.33. The SMILES string of the molecule is O=C(Nc1cccc2ccccc12)[C@H]1CCCN(S(=O)(=O)c2cccs2)C1. The molecule has 1 atom stereocenters. The van der Waals surface area contributed by atoms with Gasteiger partial charge in [-0.1, -0.05) is 42.5 Å². The molecule has 0 spiro atoms. The summed E-state index contributed by atoms with van der Waals surface area (Å²) in [6, 6.07) is 17.0. The Morgan fingerprint density at radius 2 is 1.89 bits per heavy atom. The number of thiophene rings is 1. The Morgan fingerprint density at radius 3 is 2.70 bits per heavy atom. The van der Waals surface area contributed by atoms with Gasteiger partial charge in [0, 0.05) is 24.2 Å². The molecular formula is C20H20N2O3S2. The zero-order valence-electron chi connectivity index (χ0n) is 14.7. The number of nitrogens with one attached hydrogen (secondary N) is 1. The molecule has 3 aromatic rings. The van der Waals surface area contributed by atoms with Crippen LogP contribution in [0.1, 0.15) is 12.8 Å². The van der Waals surface area contributed by atoms with E-state index in [4.69, 9.17) is 0 Å². The molecule has 0 aliphatic carbocycles. The number of amides is 1. The second-order valence-electron chi connectivity index (χ2n) is 6.65. The second-order valence-corrected chi connectivity index (χ2v) is 9.76. The predicted octanol–water partition coefficient (Wildman–Crippen LogP) is 3.94. The summed E-state index contributed by atoms with van der Waals surface area (Å²) >= 11 is 1.21. The maximum atomic E-state index is 12.8. The Balaban J connectivity index is 1.52. The topological polar surface area (TPSA) is 66.5 Å². The van der Waals surface area contributed by atoms with Crippen LogP contribution in [0.5, 0.6) is 0 Å². The monoisotopic (exact) mass is 400 g/mol. The van der Waals surface area contributed by atoms with Crippen LogP contribution in [-0.4, -0.2) is 31.7 Å². The van der Waals surface area contributed by atoms with E-state index >= 15 is 0 Å². The molecule has 0 radical (unpaired) electrons. The average Bonchev–Trinajstić information content (AvgIpc) is 3.24. The molecule has 1 amide bonds. The Hall–Kier alpha value is -2.22. The van der Waals surface area contributed by atoms with Crippen molar-refractivity contribution in [2.24, 2.45) is 5.92 Å². The first-order chi connectivity index (χ1) is 13.1. The van der Waals surface area contributed by atoms with Crippen LogP contribution in [0, 0.1) is 5.92 Å². The minimum atomic E-state index is -3.52. The lowest BCUT2D eigenvalue weighted by atomic mass is 9.98. The van der Waals surface area contributed by atoms with Crippen LogP contribution in [0.2, 0.25) is 0 Å². The van der Waals surface area contributed by atoms with E-state index < -0.39 is 10.0 Å². The van der Waals surface area contributed by atoms with Gasteiger partial charge < -0.3 is 5.32 Å². The lowest BCUT2D eigenvalue weighted by Gasteiger charge is -2.30. The minimum absolute atomic E-state index is 0.127. The number of carbonyl (C=O) groups excluding carboxylic acids is 1. The van der Waals surface area contributed by atoms with Crippen molar-refractivity contribution in [1.29, 1.82) is 0 Å². The molecule has 140 valence electrons. The van der Waals surface area contributed by atoms with Crippen molar-refractivity contribution in [3.05, 3.63) is 60.0 Å². The average molecular weight is 401 g/mol. The summed E-state index contributed by atoms with van der Waals surface area (Å²) in [5.41, 5.74) is 0.760. The molecule has 7 heteroatoms. The van der Waals surface area contributed by atoms with Gasteiger partial charge in [0.05, 0.1) is 5.92 Å². The Morgan fingerprint density at radius 1 is 1.07 bits per heavy atom. The summed E-state index contributed by atoms with van der Waals surface area (Å²) in [7, 11) is -3.52. The van der Waals surface area contributed by atoms with E-state index in [-0.39, 0.29) is 18.4 Å².